The topological polar surface area (TPSA) is 74.0 Å². The smallest absolute Gasteiger partial charge is 0.289 e. The van der Waals surface area contributed by atoms with Crippen LogP contribution in [0, 0.1) is 0 Å². The highest BCUT2D eigenvalue weighted by molar-refractivity contribution is 5.94. The summed E-state index contributed by atoms with van der Waals surface area (Å²) in [4.78, 5) is 26.8. The van der Waals surface area contributed by atoms with E-state index in [4.69, 9.17) is 4.42 Å². The number of likely N-dealkylation sites (tertiary alicyclic amines) is 1. The molecule has 0 radical (unpaired) electrons. The third-order valence-electron chi connectivity index (χ3n) is 3.26. The number of likely N-dealkylation sites (N-methyl/N-ethyl adjacent to an activating group) is 1. The molecule has 0 aliphatic carbocycles. The molecule has 1 aliphatic heterocycles. The van der Waals surface area contributed by atoms with Crippen LogP contribution in [0.5, 0.6) is 0 Å². The summed E-state index contributed by atoms with van der Waals surface area (Å²) in [6.07, 6.45) is 1.98. The summed E-state index contributed by atoms with van der Waals surface area (Å²) in [5.41, 5.74) is -0.820. The Hall–Kier alpha value is -1.82. The first-order valence-corrected chi connectivity index (χ1v) is 6.18. The summed E-state index contributed by atoms with van der Waals surface area (Å²) in [5, 5.41) is 9.82. The molecule has 0 aromatic carbocycles. The Balaban J connectivity index is 1.91. The second-order valence-corrected chi connectivity index (χ2v) is 5.20. The molecule has 0 spiro atoms. The molecule has 1 N–H and O–H groups in total. The first-order chi connectivity index (χ1) is 8.89. The molecular weight excluding hydrogens is 248 g/mol. The minimum atomic E-state index is -0.820. The van der Waals surface area contributed by atoms with Crippen molar-refractivity contribution in [2.45, 2.75) is 18.9 Å². The lowest BCUT2D eigenvalue weighted by Gasteiger charge is -2.22. The van der Waals surface area contributed by atoms with Crippen LogP contribution in [0.4, 0.5) is 0 Å². The van der Waals surface area contributed by atoms with Gasteiger partial charge in [0.1, 0.15) is 0 Å². The van der Waals surface area contributed by atoms with Gasteiger partial charge in [0.05, 0.1) is 18.4 Å². The molecule has 1 saturated heterocycles. The van der Waals surface area contributed by atoms with Crippen LogP contribution < -0.4 is 0 Å². The van der Waals surface area contributed by atoms with Gasteiger partial charge in [-0.2, -0.15) is 0 Å². The van der Waals surface area contributed by atoms with Gasteiger partial charge in [-0.15, -0.1) is 0 Å². The average Bonchev–Trinajstić information content (AvgIpc) is 2.96. The van der Waals surface area contributed by atoms with Crippen LogP contribution in [0.1, 0.15) is 23.9 Å². The monoisotopic (exact) mass is 266 g/mol. The fourth-order valence-electron chi connectivity index (χ4n) is 2.12. The van der Waals surface area contributed by atoms with Crippen LogP contribution in [0.3, 0.4) is 0 Å². The van der Waals surface area contributed by atoms with E-state index in [0.717, 1.165) is 0 Å². The maximum absolute atomic E-state index is 12.0. The molecule has 6 nitrogen and oxygen atoms in total. The van der Waals surface area contributed by atoms with Gasteiger partial charge in [0.15, 0.2) is 5.76 Å². The Morgan fingerprint density at radius 2 is 2.32 bits per heavy atom. The SMILES string of the molecule is CN(CC(=O)N1CCC(C)(O)C1)C(=O)c1ccco1. The quantitative estimate of drug-likeness (QED) is 0.856. The van der Waals surface area contributed by atoms with Crippen molar-refractivity contribution in [1.29, 1.82) is 0 Å². The van der Waals surface area contributed by atoms with Crippen molar-refractivity contribution in [2.24, 2.45) is 0 Å². The van der Waals surface area contributed by atoms with Gasteiger partial charge < -0.3 is 19.3 Å². The predicted molar refractivity (Wildman–Crippen MR) is 67.5 cm³/mol. The van der Waals surface area contributed by atoms with E-state index in [-0.39, 0.29) is 24.1 Å². The standard InChI is InChI=1S/C13H18N2O4/c1-13(18)5-6-15(9-13)11(16)8-14(2)12(17)10-4-3-7-19-10/h3-4,7,18H,5-6,8-9H2,1-2H3. The van der Waals surface area contributed by atoms with Gasteiger partial charge in [0.2, 0.25) is 5.91 Å². The molecule has 2 rings (SSSR count). The van der Waals surface area contributed by atoms with Crippen LogP contribution in [-0.4, -0.2) is 59.0 Å². The van der Waals surface area contributed by atoms with E-state index in [0.29, 0.717) is 19.5 Å². The highest BCUT2D eigenvalue weighted by Gasteiger charge is 2.34. The number of β-amino-alcohol motifs (C(OH)–C–C–N with tert-alkyl or cyclic N) is 1. The van der Waals surface area contributed by atoms with Crippen molar-refractivity contribution in [1.82, 2.24) is 9.80 Å². The molecule has 1 atom stereocenters. The number of hydrogen-bond acceptors (Lipinski definition) is 4. The van der Waals surface area contributed by atoms with Crippen LogP contribution >= 0.6 is 0 Å². The van der Waals surface area contributed by atoms with E-state index in [1.54, 1.807) is 31.0 Å². The highest BCUT2D eigenvalue weighted by Crippen LogP contribution is 2.20. The molecule has 2 amide bonds. The molecule has 1 unspecified atom stereocenters. The van der Waals surface area contributed by atoms with E-state index in [1.807, 2.05) is 0 Å². The van der Waals surface area contributed by atoms with Crippen molar-refractivity contribution >= 4 is 11.8 Å². The maximum Gasteiger partial charge on any atom is 0.289 e. The van der Waals surface area contributed by atoms with Crippen LogP contribution in [0.2, 0.25) is 0 Å². The third-order valence-corrected chi connectivity index (χ3v) is 3.26. The molecule has 1 aliphatic rings. The number of nitrogens with zero attached hydrogens (tertiary/aromatic N) is 2. The Morgan fingerprint density at radius 3 is 2.84 bits per heavy atom. The Morgan fingerprint density at radius 1 is 1.58 bits per heavy atom. The molecule has 2 heterocycles. The first kappa shape index (κ1) is 13.6. The van der Waals surface area contributed by atoms with E-state index in [9.17, 15) is 14.7 Å². The Bertz CT molecular complexity index is 467. The van der Waals surface area contributed by atoms with Gasteiger partial charge >= 0.3 is 0 Å². The zero-order chi connectivity index (χ0) is 14.0. The van der Waals surface area contributed by atoms with Gasteiger partial charge in [-0.3, -0.25) is 9.59 Å². The van der Waals surface area contributed by atoms with Gasteiger partial charge in [0, 0.05) is 20.1 Å². The molecule has 1 aromatic rings. The van der Waals surface area contributed by atoms with E-state index < -0.39 is 5.60 Å². The highest BCUT2D eigenvalue weighted by atomic mass is 16.3. The minimum Gasteiger partial charge on any atom is -0.459 e. The van der Waals surface area contributed by atoms with Crippen LogP contribution in [0.25, 0.3) is 0 Å². The number of aliphatic hydroxyl groups is 1. The lowest BCUT2D eigenvalue weighted by Crippen LogP contribution is -2.41. The van der Waals surface area contributed by atoms with Crippen molar-refractivity contribution in [2.75, 3.05) is 26.7 Å². The molecule has 0 bridgehead atoms. The summed E-state index contributed by atoms with van der Waals surface area (Å²) >= 11 is 0. The van der Waals surface area contributed by atoms with Crippen molar-refractivity contribution in [3.8, 4) is 0 Å². The van der Waals surface area contributed by atoms with Crippen molar-refractivity contribution < 1.29 is 19.1 Å². The molecular formula is C13H18N2O4. The molecule has 0 saturated carbocycles. The summed E-state index contributed by atoms with van der Waals surface area (Å²) < 4.78 is 5.00. The van der Waals surface area contributed by atoms with Crippen molar-refractivity contribution in [3.63, 3.8) is 0 Å². The normalized spacial score (nSPS) is 22.6. The number of carbonyl (C=O) groups is 2. The van der Waals surface area contributed by atoms with E-state index >= 15 is 0 Å². The molecule has 6 heteroatoms. The molecule has 1 aromatic heterocycles. The lowest BCUT2D eigenvalue weighted by molar-refractivity contribution is -0.131. The number of furan rings is 1. The van der Waals surface area contributed by atoms with Gasteiger partial charge in [-0.1, -0.05) is 0 Å². The number of hydrogen-bond donors (Lipinski definition) is 1. The van der Waals surface area contributed by atoms with E-state index in [1.165, 1.54) is 11.2 Å². The van der Waals surface area contributed by atoms with E-state index in [2.05, 4.69) is 0 Å². The van der Waals surface area contributed by atoms with Crippen LogP contribution in [0.15, 0.2) is 22.8 Å². The Kier molecular flexibility index (Phi) is 3.61. The number of carbonyl (C=O) groups excluding carboxylic acids is 2. The predicted octanol–water partition coefficient (Wildman–Crippen LogP) is 0.335. The fourth-order valence-corrected chi connectivity index (χ4v) is 2.12. The summed E-state index contributed by atoms with van der Waals surface area (Å²) in [6.45, 7) is 2.52. The lowest BCUT2D eigenvalue weighted by atomic mass is 10.1. The summed E-state index contributed by atoms with van der Waals surface area (Å²) in [5.74, 6) is -0.284. The van der Waals surface area contributed by atoms with Gasteiger partial charge in [0.25, 0.3) is 5.91 Å². The number of amides is 2. The second kappa shape index (κ2) is 5.05. The fraction of sp³-hybridized carbons (Fsp3) is 0.538. The third kappa shape index (κ3) is 3.14. The van der Waals surface area contributed by atoms with Gasteiger partial charge in [-0.05, 0) is 25.5 Å². The average molecular weight is 266 g/mol. The minimum absolute atomic E-state index is 0.0182. The van der Waals surface area contributed by atoms with Crippen LogP contribution in [-0.2, 0) is 4.79 Å². The molecule has 104 valence electrons. The first-order valence-electron chi connectivity index (χ1n) is 6.18. The Labute approximate surface area is 111 Å². The molecule has 19 heavy (non-hydrogen) atoms. The largest absolute Gasteiger partial charge is 0.459 e. The maximum atomic E-state index is 12.0. The zero-order valence-corrected chi connectivity index (χ0v) is 11.1. The molecule has 1 fully saturated rings. The second-order valence-electron chi connectivity index (χ2n) is 5.20. The summed E-state index contributed by atoms with van der Waals surface area (Å²) in [6, 6.07) is 3.19. The number of rotatable bonds is 3. The zero-order valence-electron chi connectivity index (χ0n) is 11.1. The summed E-state index contributed by atoms with van der Waals surface area (Å²) in [7, 11) is 1.55. The van der Waals surface area contributed by atoms with Crippen molar-refractivity contribution in [3.05, 3.63) is 24.2 Å². The van der Waals surface area contributed by atoms with Gasteiger partial charge in [-0.25, -0.2) is 0 Å².